The Kier molecular flexibility index (Phi) is 3.49. The van der Waals surface area contributed by atoms with Crippen molar-refractivity contribution in [1.29, 1.82) is 0 Å². The molecule has 1 aromatic rings. The molecule has 3 heteroatoms. The number of hydrogen-bond donors (Lipinski definition) is 2. The fourth-order valence-electron chi connectivity index (χ4n) is 1.50. The van der Waals surface area contributed by atoms with Gasteiger partial charge in [-0.1, -0.05) is 12.1 Å². The van der Waals surface area contributed by atoms with Crippen molar-refractivity contribution in [2.45, 2.75) is 19.9 Å². The normalized spacial score (nSPS) is 12.9. The predicted octanol–water partition coefficient (Wildman–Crippen LogP) is 1.53. The van der Waals surface area contributed by atoms with Crippen molar-refractivity contribution >= 4 is 5.69 Å². The molecule has 0 bridgehead atoms. The number of hydrogen-bond acceptors (Lipinski definition) is 3. The van der Waals surface area contributed by atoms with Crippen LogP contribution in [0.4, 0.5) is 5.69 Å². The van der Waals surface area contributed by atoms with Crippen LogP contribution in [-0.4, -0.2) is 13.7 Å². The number of nitrogen functional groups attached to an aromatic ring is 1. The van der Waals surface area contributed by atoms with Gasteiger partial charge in [0.1, 0.15) is 0 Å². The summed E-state index contributed by atoms with van der Waals surface area (Å²) >= 11 is 0. The number of benzene rings is 1. The van der Waals surface area contributed by atoms with Crippen LogP contribution >= 0.6 is 0 Å². The van der Waals surface area contributed by atoms with Crippen LogP contribution in [0.2, 0.25) is 0 Å². The Hall–Kier alpha value is -1.06. The van der Waals surface area contributed by atoms with E-state index in [-0.39, 0.29) is 6.04 Å². The molecule has 1 aromatic carbocycles. The van der Waals surface area contributed by atoms with Gasteiger partial charge in [-0.05, 0) is 30.5 Å². The van der Waals surface area contributed by atoms with Crippen molar-refractivity contribution < 1.29 is 4.74 Å². The summed E-state index contributed by atoms with van der Waals surface area (Å²) in [5.41, 5.74) is 15.9. The number of methoxy groups -OCH3 is 1. The highest BCUT2D eigenvalue weighted by Gasteiger charge is 2.08. The van der Waals surface area contributed by atoms with E-state index in [0.717, 1.165) is 22.4 Å². The number of aryl methyl sites for hydroxylation is 2. The summed E-state index contributed by atoms with van der Waals surface area (Å²) in [7, 11) is 1.65. The molecule has 1 rings (SSSR count). The van der Waals surface area contributed by atoms with E-state index >= 15 is 0 Å². The van der Waals surface area contributed by atoms with Gasteiger partial charge in [-0.3, -0.25) is 0 Å². The van der Waals surface area contributed by atoms with Gasteiger partial charge in [0, 0.05) is 12.8 Å². The van der Waals surface area contributed by atoms with Gasteiger partial charge >= 0.3 is 0 Å². The molecule has 0 saturated carbocycles. The SMILES string of the molecule is COCC(N)c1cc(C)c(N)c(C)c1. The molecule has 0 aliphatic rings. The molecule has 0 aromatic heterocycles. The van der Waals surface area contributed by atoms with Crippen LogP contribution in [0.5, 0.6) is 0 Å². The molecule has 78 valence electrons. The van der Waals surface area contributed by atoms with Crippen LogP contribution in [-0.2, 0) is 4.74 Å². The van der Waals surface area contributed by atoms with E-state index in [4.69, 9.17) is 16.2 Å². The third-order valence-electron chi connectivity index (χ3n) is 2.39. The first-order valence-electron chi connectivity index (χ1n) is 4.67. The van der Waals surface area contributed by atoms with Crippen molar-refractivity contribution in [1.82, 2.24) is 0 Å². The summed E-state index contributed by atoms with van der Waals surface area (Å²) < 4.78 is 5.01. The maximum absolute atomic E-state index is 5.93. The third kappa shape index (κ3) is 2.25. The number of anilines is 1. The molecule has 0 aliphatic carbocycles. The van der Waals surface area contributed by atoms with Gasteiger partial charge in [-0.2, -0.15) is 0 Å². The van der Waals surface area contributed by atoms with Gasteiger partial charge in [-0.15, -0.1) is 0 Å². The van der Waals surface area contributed by atoms with E-state index in [9.17, 15) is 0 Å². The molecule has 0 radical (unpaired) electrons. The van der Waals surface area contributed by atoms with Gasteiger partial charge in [0.2, 0.25) is 0 Å². The molecule has 1 unspecified atom stereocenters. The van der Waals surface area contributed by atoms with E-state index in [1.807, 2.05) is 26.0 Å². The number of nitrogens with two attached hydrogens (primary N) is 2. The Balaban J connectivity index is 3.00. The van der Waals surface area contributed by atoms with Crippen molar-refractivity contribution in [3.05, 3.63) is 28.8 Å². The van der Waals surface area contributed by atoms with Crippen molar-refractivity contribution in [3.63, 3.8) is 0 Å². The van der Waals surface area contributed by atoms with Gasteiger partial charge in [0.15, 0.2) is 0 Å². The van der Waals surface area contributed by atoms with Crippen LogP contribution in [0.25, 0.3) is 0 Å². The minimum absolute atomic E-state index is 0.0713. The monoisotopic (exact) mass is 194 g/mol. The van der Waals surface area contributed by atoms with E-state index in [1.54, 1.807) is 7.11 Å². The molecule has 1 atom stereocenters. The summed E-state index contributed by atoms with van der Waals surface area (Å²) in [6, 6.07) is 3.97. The van der Waals surface area contributed by atoms with Crippen LogP contribution in [0.3, 0.4) is 0 Å². The zero-order valence-electron chi connectivity index (χ0n) is 9.00. The lowest BCUT2D eigenvalue weighted by Gasteiger charge is -2.14. The van der Waals surface area contributed by atoms with E-state index in [0.29, 0.717) is 6.61 Å². The average molecular weight is 194 g/mol. The number of rotatable bonds is 3. The average Bonchev–Trinajstić information content (AvgIpc) is 2.13. The summed E-state index contributed by atoms with van der Waals surface area (Å²) in [4.78, 5) is 0. The molecule has 0 heterocycles. The zero-order valence-corrected chi connectivity index (χ0v) is 9.00. The van der Waals surface area contributed by atoms with E-state index in [1.165, 1.54) is 0 Å². The summed E-state index contributed by atoms with van der Waals surface area (Å²) in [5, 5.41) is 0. The van der Waals surface area contributed by atoms with Crippen molar-refractivity contribution in [3.8, 4) is 0 Å². The second kappa shape index (κ2) is 4.44. The van der Waals surface area contributed by atoms with Crippen LogP contribution in [0.1, 0.15) is 22.7 Å². The lowest BCUT2D eigenvalue weighted by atomic mass is 10.0. The Bertz CT molecular complexity index is 300. The molecule has 0 spiro atoms. The lowest BCUT2D eigenvalue weighted by molar-refractivity contribution is 0.181. The topological polar surface area (TPSA) is 61.3 Å². The molecular weight excluding hydrogens is 176 g/mol. The third-order valence-corrected chi connectivity index (χ3v) is 2.39. The predicted molar refractivity (Wildman–Crippen MR) is 59.1 cm³/mol. The first kappa shape index (κ1) is 11.0. The largest absolute Gasteiger partial charge is 0.398 e. The smallest absolute Gasteiger partial charge is 0.0655 e. The highest BCUT2D eigenvalue weighted by Crippen LogP contribution is 2.21. The summed E-state index contributed by atoms with van der Waals surface area (Å²) in [6.45, 7) is 4.51. The van der Waals surface area contributed by atoms with Gasteiger partial charge in [-0.25, -0.2) is 0 Å². The van der Waals surface area contributed by atoms with E-state index < -0.39 is 0 Å². The molecule has 0 saturated heterocycles. The standard InChI is InChI=1S/C11H18N2O/c1-7-4-9(10(12)6-14-3)5-8(2)11(7)13/h4-5,10H,6,12-13H2,1-3H3. The fourth-order valence-corrected chi connectivity index (χ4v) is 1.50. The Morgan fingerprint density at radius 3 is 2.21 bits per heavy atom. The highest BCUT2D eigenvalue weighted by atomic mass is 16.5. The highest BCUT2D eigenvalue weighted by molar-refractivity contribution is 5.54. The maximum atomic E-state index is 5.93. The molecule has 0 aliphatic heterocycles. The zero-order chi connectivity index (χ0) is 10.7. The molecule has 14 heavy (non-hydrogen) atoms. The summed E-state index contributed by atoms with van der Waals surface area (Å²) in [5.74, 6) is 0. The number of ether oxygens (including phenoxy) is 1. The van der Waals surface area contributed by atoms with Crippen molar-refractivity contribution in [2.24, 2.45) is 5.73 Å². The Morgan fingerprint density at radius 2 is 1.79 bits per heavy atom. The van der Waals surface area contributed by atoms with Gasteiger partial charge < -0.3 is 16.2 Å². The molecule has 0 fully saturated rings. The first-order chi connectivity index (χ1) is 6.56. The maximum Gasteiger partial charge on any atom is 0.0655 e. The first-order valence-corrected chi connectivity index (χ1v) is 4.67. The Labute approximate surface area is 85.0 Å². The van der Waals surface area contributed by atoms with Crippen LogP contribution < -0.4 is 11.5 Å². The second-order valence-corrected chi connectivity index (χ2v) is 3.63. The molecular formula is C11H18N2O. The molecule has 3 nitrogen and oxygen atoms in total. The molecule has 4 N–H and O–H groups in total. The van der Waals surface area contributed by atoms with Crippen LogP contribution in [0.15, 0.2) is 12.1 Å². The van der Waals surface area contributed by atoms with E-state index in [2.05, 4.69) is 0 Å². The second-order valence-electron chi connectivity index (χ2n) is 3.63. The Morgan fingerprint density at radius 1 is 1.29 bits per heavy atom. The summed E-state index contributed by atoms with van der Waals surface area (Å²) in [6.07, 6.45) is 0. The van der Waals surface area contributed by atoms with Gasteiger partial charge in [0.05, 0.1) is 12.6 Å². The van der Waals surface area contributed by atoms with Gasteiger partial charge in [0.25, 0.3) is 0 Å². The van der Waals surface area contributed by atoms with Crippen molar-refractivity contribution in [2.75, 3.05) is 19.5 Å². The lowest BCUT2D eigenvalue weighted by Crippen LogP contribution is -2.16. The minimum Gasteiger partial charge on any atom is -0.398 e. The quantitative estimate of drug-likeness (QED) is 0.717. The minimum atomic E-state index is -0.0713. The fraction of sp³-hybridized carbons (Fsp3) is 0.455. The molecule has 0 amide bonds. The van der Waals surface area contributed by atoms with Crippen LogP contribution in [0, 0.1) is 13.8 Å².